The Morgan fingerprint density at radius 2 is 2.29 bits per heavy atom. The summed E-state index contributed by atoms with van der Waals surface area (Å²) in [6.45, 7) is 3.89. The zero-order valence-electron chi connectivity index (χ0n) is 8.21. The first-order valence-corrected chi connectivity index (χ1v) is 4.19. The van der Waals surface area contributed by atoms with Crippen molar-refractivity contribution in [1.29, 1.82) is 0 Å². The van der Waals surface area contributed by atoms with Crippen LogP contribution >= 0.6 is 0 Å². The zero-order chi connectivity index (χ0) is 11.0. The highest BCUT2D eigenvalue weighted by Crippen LogP contribution is 2.01. The highest BCUT2D eigenvalue weighted by molar-refractivity contribution is 5.72. The summed E-state index contributed by atoms with van der Waals surface area (Å²) in [7, 11) is 0. The van der Waals surface area contributed by atoms with Gasteiger partial charge >= 0.3 is 5.97 Å². The standard InChI is InChI=1S/C6H13NO2.CH2N4/c1-4(2)3-5(7)6(8)9;1-2-4-5-3-1/h4-5H,3,7H2,1-2H3,(H,8,9);1H,(H,2,3,4,5)/t5-;/m0./s1. The van der Waals surface area contributed by atoms with E-state index in [2.05, 4.69) is 20.6 Å². The molecule has 80 valence electrons. The van der Waals surface area contributed by atoms with Gasteiger partial charge in [0, 0.05) is 0 Å². The van der Waals surface area contributed by atoms with E-state index in [1.807, 2.05) is 13.8 Å². The molecule has 1 aromatic rings. The number of carbonyl (C=O) groups is 1. The lowest BCUT2D eigenvalue weighted by Crippen LogP contribution is -2.31. The fourth-order valence-corrected chi connectivity index (χ4v) is 0.738. The van der Waals surface area contributed by atoms with Gasteiger partial charge in [-0.1, -0.05) is 13.8 Å². The number of nitrogens with two attached hydrogens (primary N) is 1. The van der Waals surface area contributed by atoms with Crippen molar-refractivity contribution in [3.05, 3.63) is 6.33 Å². The maximum atomic E-state index is 10.1. The summed E-state index contributed by atoms with van der Waals surface area (Å²) in [6.07, 6.45) is 1.95. The summed E-state index contributed by atoms with van der Waals surface area (Å²) in [5, 5.41) is 20.4. The monoisotopic (exact) mass is 201 g/mol. The summed E-state index contributed by atoms with van der Waals surface area (Å²) in [6, 6.07) is -0.690. The fraction of sp³-hybridized carbons (Fsp3) is 0.714. The molecule has 0 bridgehead atoms. The van der Waals surface area contributed by atoms with Gasteiger partial charge in [-0.15, -0.1) is 5.10 Å². The third-order valence-corrected chi connectivity index (χ3v) is 1.31. The van der Waals surface area contributed by atoms with E-state index in [-0.39, 0.29) is 0 Å². The topological polar surface area (TPSA) is 118 Å². The van der Waals surface area contributed by atoms with Crippen LogP contribution < -0.4 is 5.73 Å². The highest BCUT2D eigenvalue weighted by Gasteiger charge is 2.11. The van der Waals surface area contributed by atoms with Gasteiger partial charge in [-0.2, -0.15) is 0 Å². The molecule has 0 saturated carbocycles. The van der Waals surface area contributed by atoms with E-state index in [0.717, 1.165) is 0 Å². The maximum Gasteiger partial charge on any atom is 0.320 e. The molecule has 4 N–H and O–H groups in total. The van der Waals surface area contributed by atoms with Gasteiger partial charge < -0.3 is 10.8 Å². The first kappa shape index (κ1) is 12.5. The molecule has 0 unspecified atom stereocenters. The molecule has 7 nitrogen and oxygen atoms in total. The number of aromatic amines is 1. The second-order valence-corrected chi connectivity index (χ2v) is 3.14. The van der Waals surface area contributed by atoms with E-state index < -0.39 is 12.0 Å². The number of rotatable bonds is 3. The van der Waals surface area contributed by atoms with Crippen LogP contribution in [0.3, 0.4) is 0 Å². The quantitative estimate of drug-likeness (QED) is 0.614. The average molecular weight is 201 g/mol. The smallest absolute Gasteiger partial charge is 0.320 e. The molecule has 0 aliphatic rings. The van der Waals surface area contributed by atoms with Crippen molar-refractivity contribution in [1.82, 2.24) is 20.6 Å². The second-order valence-electron chi connectivity index (χ2n) is 3.14. The van der Waals surface area contributed by atoms with Gasteiger partial charge in [0.05, 0.1) is 0 Å². The van der Waals surface area contributed by atoms with Crippen molar-refractivity contribution in [2.75, 3.05) is 0 Å². The molecule has 0 amide bonds. The van der Waals surface area contributed by atoms with Crippen LogP contribution in [-0.4, -0.2) is 37.7 Å². The Morgan fingerprint density at radius 3 is 2.43 bits per heavy atom. The predicted molar refractivity (Wildman–Crippen MR) is 49.2 cm³/mol. The number of H-pyrrole nitrogens is 1. The number of aliphatic carboxylic acids is 1. The number of carboxylic acid groups (broad SMARTS) is 1. The van der Waals surface area contributed by atoms with Crippen molar-refractivity contribution in [3.63, 3.8) is 0 Å². The van der Waals surface area contributed by atoms with Crippen molar-refractivity contribution >= 4 is 5.97 Å². The van der Waals surface area contributed by atoms with Crippen LogP contribution in [0.15, 0.2) is 6.33 Å². The van der Waals surface area contributed by atoms with E-state index in [4.69, 9.17) is 10.8 Å². The van der Waals surface area contributed by atoms with Gasteiger partial charge in [0.1, 0.15) is 12.4 Å². The summed E-state index contributed by atoms with van der Waals surface area (Å²) < 4.78 is 0. The first-order valence-electron chi connectivity index (χ1n) is 4.19. The minimum absolute atomic E-state index is 0.357. The molecule has 7 heteroatoms. The molecule has 1 heterocycles. The number of nitrogens with zero attached hydrogens (tertiary/aromatic N) is 3. The molecule has 0 fully saturated rings. The lowest BCUT2D eigenvalue weighted by atomic mass is 10.1. The first-order chi connectivity index (χ1) is 6.54. The van der Waals surface area contributed by atoms with Gasteiger partial charge in [0.15, 0.2) is 0 Å². The number of carboxylic acids is 1. The summed E-state index contributed by atoms with van der Waals surface area (Å²) in [4.78, 5) is 10.1. The number of hydrogen-bond acceptors (Lipinski definition) is 5. The Kier molecular flexibility index (Phi) is 6.21. The Hall–Kier alpha value is -1.50. The second kappa shape index (κ2) is 6.96. The summed E-state index contributed by atoms with van der Waals surface area (Å²) in [5.74, 6) is -0.556. The number of aromatic nitrogens is 4. The third kappa shape index (κ3) is 7.17. The van der Waals surface area contributed by atoms with Crippen LogP contribution in [0.1, 0.15) is 20.3 Å². The molecule has 1 atom stereocenters. The van der Waals surface area contributed by atoms with Gasteiger partial charge in [-0.25, -0.2) is 5.10 Å². The average Bonchev–Trinajstić information content (AvgIpc) is 2.59. The van der Waals surface area contributed by atoms with Crippen LogP contribution in [0, 0.1) is 5.92 Å². The molecule has 1 rings (SSSR count). The van der Waals surface area contributed by atoms with E-state index in [9.17, 15) is 4.79 Å². The van der Waals surface area contributed by atoms with Crippen molar-refractivity contribution in [3.8, 4) is 0 Å². The predicted octanol–water partition coefficient (Wildman–Crippen LogP) is -0.356. The molecule has 1 aromatic heterocycles. The Balaban J connectivity index is 0.000000280. The number of hydrogen-bond donors (Lipinski definition) is 3. The minimum atomic E-state index is -0.913. The van der Waals surface area contributed by atoms with Gasteiger partial charge in [0.25, 0.3) is 0 Å². The Bertz CT molecular complexity index is 219. The van der Waals surface area contributed by atoms with Crippen molar-refractivity contribution in [2.45, 2.75) is 26.3 Å². The Labute approximate surface area is 81.7 Å². The Morgan fingerprint density at radius 1 is 1.64 bits per heavy atom. The number of nitrogens with one attached hydrogen (secondary N) is 1. The van der Waals surface area contributed by atoms with Crippen molar-refractivity contribution < 1.29 is 9.90 Å². The van der Waals surface area contributed by atoms with Crippen LogP contribution in [0.4, 0.5) is 0 Å². The zero-order valence-corrected chi connectivity index (χ0v) is 8.21. The van der Waals surface area contributed by atoms with Gasteiger partial charge in [-0.05, 0) is 22.8 Å². The van der Waals surface area contributed by atoms with E-state index in [1.165, 1.54) is 6.33 Å². The molecule has 0 saturated heterocycles. The highest BCUT2D eigenvalue weighted by atomic mass is 16.4. The normalized spacial score (nSPS) is 11.7. The summed E-state index contributed by atoms with van der Waals surface area (Å²) in [5.41, 5.74) is 5.22. The van der Waals surface area contributed by atoms with Gasteiger partial charge in [-0.3, -0.25) is 4.79 Å². The van der Waals surface area contributed by atoms with Crippen LogP contribution in [0.2, 0.25) is 0 Å². The minimum Gasteiger partial charge on any atom is -0.480 e. The molecule has 0 radical (unpaired) electrons. The molecule has 0 spiro atoms. The lowest BCUT2D eigenvalue weighted by molar-refractivity contribution is -0.138. The SMILES string of the molecule is CC(C)C[C@H](N)C(=O)O.c1nnn[nH]1. The lowest BCUT2D eigenvalue weighted by Gasteiger charge is -2.07. The molecule has 0 aliphatic carbocycles. The molecule has 0 aliphatic heterocycles. The summed E-state index contributed by atoms with van der Waals surface area (Å²) >= 11 is 0. The van der Waals surface area contributed by atoms with Gasteiger partial charge in [0.2, 0.25) is 0 Å². The largest absolute Gasteiger partial charge is 0.480 e. The fourth-order valence-electron chi connectivity index (χ4n) is 0.738. The van der Waals surface area contributed by atoms with Crippen LogP contribution in [-0.2, 0) is 4.79 Å². The maximum absolute atomic E-state index is 10.1. The molecule has 14 heavy (non-hydrogen) atoms. The van der Waals surface area contributed by atoms with E-state index in [1.54, 1.807) is 0 Å². The molecule has 0 aromatic carbocycles. The number of tetrazole rings is 1. The van der Waals surface area contributed by atoms with E-state index in [0.29, 0.717) is 12.3 Å². The van der Waals surface area contributed by atoms with Crippen LogP contribution in [0.25, 0.3) is 0 Å². The van der Waals surface area contributed by atoms with E-state index >= 15 is 0 Å². The molecular formula is C7H15N5O2. The third-order valence-electron chi connectivity index (χ3n) is 1.31. The molecular weight excluding hydrogens is 186 g/mol. The van der Waals surface area contributed by atoms with Crippen LogP contribution in [0.5, 0.6) is 0 Å². The van der Waals surface area contributed by atoms with Crippen molar-refractivity contribution in [2.24, 2.45) is 11.7 Å².